The van der Waals surface area contributed by atoms with Gasteiger partial charge in [0.2, 0.25) is 0 Å². The molecular formula is C8H16N2O3. The molecule has 1 atom stereocenters. The Morgan fingerprint density at radius 3 is 2.92 bits per heavy atom. The molecule has 0 aromatic carbocycles. The first-order chi connectivity index (χ1) is 6.15. The van der Waals surface area contributed by atoms with Crippen LogP contribution in [0.15, 0.2) is 0 Å². The van der Waals surface area contributed by atoms with Gasteiger partial charge in [0.25, 0.3) is 5.91 Å². The molecule has 5 heteroatoms. The predicted octanol–water partition coefficient (Wildman–Crippen LogP) is -0.663. The molecule has 1 saturated heterocycles. The average molecular weight is 188 g/mol. The van der Waals surface area contributed by atoms with Gasteiger partial charge >= 0.3 is 0 Å². The highest BCUT2D eigenvalue weighted by Gasteiger charge is 2.27. The molecule has 1 amide bonds. The normalized spacial score (nSPS) is 24.4. The number of morpholine rings is 1. The minimum atomic E-state index is -0.385. The van der Waals surface area contributed by atoms with E-state index < -0.39 is 0 Å². The minimum absolute atomic E-state index is 0.131. The number of carbonyl (C=O) groups is 1. The van der Waals surface area contributed by atoms with Crippen LogP contribution in [0.4, 0.5) is 0 Å². The van der Waals surface area contributed by atoms with E-state index in [0.717, 1.165) is 6.54 Å². The van der Waals surface area contributed by atoms with Gasteiger partial charge in [-0.05, 0) is 7.05 Å². The number of ether oxygens (including phenoxy) is 1. The third-order valence-electron chi connectivity index (χ3n) is 2.13. The Labute approximate surface area is 78.2 Å². The Morgan fingerprint density at radius 2 is 2.38 bits per heavy atom. The van der Waals surface area contributed by atoms with E-state index in [1.165, 1.54) is 12.2 Å². The first kappa shape index (κ1) is 10.4. The smallest absolute Gasteiger partial charge is 0.276 e. The van der Waals surface area contributed by atoms with E-state index in [1.807, 2.05) is 7.05 Å². The fraction of sp³-hybridized carbons (Fsp3) is 0.875. The summed E-state index contributed by atoms with van der Waals surface area (Å²) in [6.07, 6.45) is -0.385. The standard InChI is InChI=1S/C8H16N2O3/c1-9-4-5-13-7(6-9)8(11)10(2)12-3/h7H,4-6H2,1-3H3. The SMILES string of the molecule is CON(C)C(=O)C1CN(C)CCO1. The van der Waals surface area contributed by atoms with Crippen LogP contribution in [0.5, 0.6) is 0 Å². The number of hydrogen-bond donors (Lipinski definition) is 0. The molecule has 0 bridgehead atoms. The van der Waals surface area contributed by atoms with Gasteiger partial charge in [-0.1, -0.05) is 0 Å². The van der Waals surface area contributed by atoms with Crippen LogP contribution in [0.2, 0.25) is 0 Å². The van der Waals surface area contributed by atoms with Gasteiger partial charge in [0.15, 0.2) is 6.10 Å². The van der Waals surface area contributed by atoms with Crippen LogP contribution >= 0.6 is 0 Å². The number of amides is 1. The minimum Gasteiger partial charge on any atom is -0.366 e. The molecule has 0 aliphatic carbocycles. The van der Waals surface area contributed by atoms with Crippen molar-refractivity contribution in [2.24, 2.45) is 0 Å². The van der Waals surface area contributed by atoms with Gasteiger partial charge in [0, 0.05) is 20.1 Å². The fourth-order valence-corrected chi connectivity index (χ4v) is 1.22. The fourth-order valence-electron chi connectivity index (χ4n) is 1.22. The molecule has 1 rings (SSSR count). The lowest BCUT2D eigenvalue weighted by atomic mass is 10.2. The van der Waals surface area contributed by atoms with Crippen molar-refractivity contribution in [3.05, 3.63) is 0 Å². The Bertz CT molecular complexity index is 186. The first-order valence-electron chi connectivity index (χ1n) is 4.27. The van der Waals surface area contributed by atoms with Crippen molar-refractivity contribution in [2.45, 2.75) is 6.10 Å². The Balaban J connectivity index is 2.46. The van der Waals surface area contributed by atoms with Crippen molar-refractivity contribution in [1.82, 2.24) is 9.96 Å². The highest BCUT2D eigenvalue weighted by atomic mass is 16.7. The van der Waals surface area contributed by atoms with Crippen molar-refractivity contribution < 1.29 is 14.4 Å². The van der Waals surface area contributed by atoms with Gasteiger partial charge in [-0.25, -0.2) is 5.06 Å². The summed E-state index contributed by atoms with van der Waals surface area (Å²) in [7, 11) is 5.01. The van der Waals surface area contributed by atoms with Crippen LogP contribution in [0.1, 0.15) is 0 Å². The zero-order valence-corrected chi connectivity index (χ0v) is 8.32. The molecule has 0 spiro atoms. The lowest BCUT2D eigenvalue weighted by Gasteiger charge is -2.30. The van der Waals surface area contributed by atoms with E-state index in [-0.39, 0.29) is 12.0 Å². The van der Waals surface area contributed by atoms with E-state index in [4.69, 9.17) is 9.57 Å². The molecule has 13 heavy (non-hydrogen) atoms. The third kappa shape index (κ3) is 2.65. The molecule has 5 nitrogen and oxygen atoms in total. The van der Waals surface area contributed by atoms with Crippen molar-refractivity contribution in [1.29, 1.82) is 0 Å². The second-order valence-corrected chi connectivity index (χ2v) is 3.14. The quantitative estimate of drug-likeness (QED) is 0.539. The van der Waals surface area contributed by atoms with Crippen LogP contribution in [0, 0.1) is 0 Å². The Morgan fingerprint density at radius 1 is 1.69 bits per heavy atom. The summed E-state index contributed by atoms with van der Waals surface area (Å²) in [6, 6.07) is 0. The lowest BCUT2D eigenvalue weighted by molar-refractivity contribution is -0.184. The van der Waals surface area contributed by atoms with Gasteiger partial charge < -0.3 is 9.64 Å². The molecular weight excluding hydrogens is 172 g/mol. The molecule has 0 N–H and O–H groups in total. The number of nitrogens with zero attached hydrogens (tertiary/aromatic N) is 2. The number of likely N-dealkylation sites (N-methyl/N-ethyl adjacent to an activating group) is 2. The molecule has 1 aliphatic rings. The second-order valence-electron chi connectivity index (χ2n) is 3.14. The van der Waals surface area contributed by atoms with Crippen LogP contribution in [-0.4, -0.2) is 62.9 Å². The third-order valence-corrected chi connectivity index (χ3v) is 2.13. The number of rotatable bonds is 2. The van der Waals surface area contributed by atoms with Crippen LogP contribution in [0.3, 0.4) is 0 Å². The molecule has 1 heterocycles. The van der Waals surface area contributed by atoms with E-state index >= 15 is 0 Å². The van der Waals surface area contributed by atoms with Crippen molar-refractivity contribution >= 4 is 5.91 Å². The molecule has 76 valence electrons. The maximum atomic E-state index is 11.5. The average Bonchev–Trinajstić information content (AvgIpc) is 2.15. The van der Waals surface area contributed by atoms with E-state index in [2.05, 4.69) is 4.90 Å². The molecule has 0 saturated carbocycles. The van der Waals surface area contributed by atoms with Crippen LogP contribution in [-0.2, 0) is 14.4 Å². The summed E-state index contributed by atoms with van der Waals surface area (Å²) >= 11 is 0. The Hall–Kier alpha value is -0.650. The van der Waals surface area contributed by atoms with Crippen molar-refractivity contribution in [3.8, 4) is 0 Å². The Kier molecular flexibility index (Phi) is 3.65. The van der Waals surface area contributed by atoms with Crippen LogP contribution in [0.25, 0.3) is 0 Å². The highest BCUT2D eigenvalue weighted by molar-refractivity contribution is 5.80. The van der Waals surface area contributed by atoms with Crippen molar-refractivity contribution in [3.63, 3.8) is 0 Å². The summed E-state index contributed by atoms with van der Waals surface area (Å²) in [6.45, 7) is 2.11. The number of carbonyl (C=O) groups excluding carboxylic acids is 1. The lowest BCUT2D eigenvalue weighted by Crippen LogP contribution is -2.48. The topological polar surface area (TPSA) is 42.0 Å². The zero-order valence-electron chi connectivity index (χ0n) is 8.32. The first-order valence-corrected chi connectivity index (χ1v) is 4.27. The van der Waals surface area contributed by atoms with E-state index in [9.17, 15) is 4.79 Å². The molecule has 1 aliphatic heterocycles. The number of hydrogen-bond acceptors (Lipinski definition) is 4. The predicted molar refractivity (Wildman–Crippen MR) is 47.0 cm³/mol. The molecule has 1 fully saturated rings. The highest BCUT2D eigenvalue weighted by Crippen LogP contribution is 2.05. The van der Waals surface area contributed by atoms with Crippen LogP contribution < -0.4 is 0 Å². The van der Waals surface area contributed by atoms with Gasteiger partial charge in [0.05, 0.1) is 13.7 Å². The van der Waals surface area contributed by atoms with Gasteiger partial charge in [-0.3, -0.25) is 9.63 Å². The second kappa shape index (κ2) is 4.55. The maximum Gasteiger partial charge on any atom is 0.276 e. The van der Waals surface area contributed by atoms with Gasteiger partial charge in [0.1, 0.15) is 0 Å². The largest absolute Gasteiger partial charge is 0.366 e. The number of hydroxylamine groups is 2. The maximum absolute atomic E-state index is 11.5. The summed E-state index contributed by atoms with van der Waals surface area (Å²) in [5.41, 5.74) is 0. The zero-order chi connectivity index (χ0) is 9.84. The van der Waals surface area contributed by atoms with Gasteiger partial charge in [-0.2, -0.15) is 0 Å². The molecule has 0 aromatic rings. The molecule has 0 radical (unpaired) electrons. The van der Waals surface area contributed by atoms with Crippen molar-refractivity contribution in [2.75, 3.05) is 40.9 Å². The summed E-state index contributed by atoms with van der Waals surface area (Å²) in [5.74, 6) is -0.131. The molecule has 1 unspecified atom stereocenters. The monoisotopic (exact) mass is 188 g/mol. The summed E-state index contributed by atoms with van der Waals surface area (Å²) in [5, 5.41) is 1.20. The van der Waals surface area contributed by atoms with E-state index in [0.29, 0.717) is 13.2 Å². The molecule has 0 aromatic heterocycles. The van der Waals surface area contributed by atoms with Gasteiger partial charge in [-0.15, -0.1) is 0 Å². The summed E-state index contributed by atoms with van der Waals surface area (Å²) in [4.78, 5) is 18.4. The van der Waals surface area contributed by atoms with E-state index in [1.54, 1.807) is 7.05 Å². The summed E-state index contributed by atoms with van der Waals surface area (Å²) < 4.78 is 5.32.